The van der Waals surface area contributed by atoms with Crippen LogP contribution < -0.4 is 5.32 Å². The average Bonchev–Trinajstić information content (AvgIpc) is 2.37. The maximum absolute atomic E-state index is 12.7. The molecule has 2 N–H and O–H groups in total. The highest BCUT2D eigenvalue weighted by atomic mass is 35.5. The second-order valence-electron chi connectivity index (χ2n) is 3.97. The molecule has 2 nitrogen and oxygen atoms in total. The number of phenols is 1. The fraction of sp³-hybridized carbons (Fsp3) is 0.0714. The standard InChI is InChI=1S/C14H11ClFNOS/c15-10-3-6-12(13(18)7-10)14(19)17-8-9-1-4-11(16)5-2-9/h1-7,18H,8H2,(H,17,19). The zero-order valence-corrected chi connectivity index (χ0v) is 11.4. The van der Waals surface area contributed by atoms with E-state index in [0.717, 1.165) is 5.56 Å². The van der Waals surface area contributed by atoms with Gasteiger partial charge in [0.2, 0.25) is 0 Å². The smallest absolute Gasteiger partial charge is 0.127 e. The number of nitrogens with one attached hydrogen (secondary N) is 1. The fourth-order valence-corrected chi connectivity index (χ4v) is 1.99. The zero-order valence-electron chi connectivity index (χ0n) is 9.86. The Bertz CT molecular complexity index is 601. The van der Waals surface area contributed by atoms with E-state index in [1.165, 1.54) is 18.2 Å². The van der Waals surface area contributed by atoms with Crippen LogP contribution in [0.3, 0.4) is 0 Å². The summed E-state index contributed by atoms with van der Waals surface area (Å²) in [6.07, 6.45) is 0. The minimum atomic E-state index is -0.276. The summed E-state index contributed by atoms with van der Waals surface area (Å²) in [7, 11) is 0. The SMILES string of the molecule is Oc1cc(Cl)ccc1C(=S)NCc1ccc(F)cc1. The van der Waals surface area contributed by atoms with Gasteiger partial charge in [-0.15, -0.1) is 0 Å². The van der Waals surface area contributed by atoms with E-state index in [2.05, 4.69) is 5.32 Å². The minimum Gasteiger partial charge on any atom is -0.507 e. The third-order valence-corrected chi connectivity index (χ3v) is 3.17. The first-order chi connectivity index (χ1) is 9.06. The summed E-state index contributed by atoms with van der Waals surface area (Å²) in [5, 5.41) is 13.2. The molecule has 2 rings (SSSR count). The molecule has 2 aromatic rings. The largest absolute Gasteiger partial charge is 0.507 e. The highest BCUT2D eigenvalue weighted by molar-refractivity contribution is 7.80. The Hall–Kier alpha value is -1.65. The first-order valence-corrected chi connectivity index (χ1v) is 6.36. The Morgan fingerprint density at radius 1 is 1.21 bits per heavy atom. The molecule has 98 valence electrons. The van der Waals surface area contributed by atoms with Crippen LogP contribution in [0.1, 0.15) is 11.1 Å². The van der Waals surface area contributed by atoms with Crippen LogP contribution in [0.2, 0.25) is 5.02 Å². The highest BCUT2D eigenvalue weighted by Crippen LogP contribution is 2.22. The van der Waals surface area contributed by atoms with E-state index in [1.807, 2.05) is 0 Å². The van der Waals surface area contributed by atoms with Crippen LogP contribution in [-0.4, -0.2) is 10.1 Å². The lowest BCUT2D eigenvalue weighted by atomic mass is 10.2. The van der Waals surface area contributed by atoms with Gasteiger partial charge >= 0.3 is 0 Å². The van der Waals surface area contributed by atoms with E-state index in [0.29, 0.717) is 22.1 Å². The quantitative estimate of drug-likeness (QED) is 0.848. The predicted octanol–water partition coefficient (Wildman–Crippen LogP) is 3.65. The number of thiocarbonyl (C=S) groups is 1. The molecule has 0 aromatic heterocycles. The fourth-order valence-electron chi connectivity index (χ4n) is 1.58. The first kappa shape index (κ1) is 13.8. The summed E-state index contributed by atoms with van der Waals surface area (Å²) in [6.45, 7) is 0.460. The van der Waals surface area contributed by atoms with Gasteiger partial charge in [0.25, 0.3) is 0 Å². The Kier molecular flexibility index (Phi) is 4.35. The lowest BCUT2D eigenvalue weighted by Gasteiger charge is -2.10. The van der Waals surface area contributed by atoms with Gasteiger partial charge in [-0.25, -0.2) is 4.39 Å². The van der Waals surface area contributed by atoms with Crippen LogP contribution in [-0.2, 0) is 6.54 Å². The maximum Gasteiger partial charge on any atom is 0.127 e. The predicted molar refractivity (Wildman–Crippen MR) is 78.1 cm³/mol. The van der Waals surface area contributed by atoms with Crippen molar-refractivity contribution >= 4 is 28.8 Å². The van der Waals surface area contributed by atoms with Crippen molar-refractivity contribution in [1.29, 1.82) is 0 Å². The number of benzene rings is 2. The van der Waals surface area contributed by atoms with E-state index in [9.17, 15) is 9.50 Å². The van der Waals surface area contributed by atoms with Crippen molar-refractivity contribution in [3.05, 3.63) is 64.4 Å². The lowest BCUT2D eigenvalue weighted by Crippen LogP contribution is -2.21. The van der Waals surface area contributed by atoms with Crippen molar-refractivity contribution in [2.75, 3.05) is 0 Å². The average molecular weight is 296 g/mol. The van der Waals surface area contributed by atoms with Gasteiger partial charge in [-0.2, -0.15) is 0 Å². The second-order valence-corrected chi connectivity index (χ2v) is 4.82. The van der Waals surface area contributed by atoms with E-state index >= 15 is 0 Å². The van der Waals surface area contributed by atoms with Crippen LogP contribution in [0.5, 0.6) is 5.75 Å². The van der Waals surface area contributed by atoms with Gasteiger partial charge in [-0.3, -0.25) is 0 Å². The summed E-state index contributed by atoms with van der Waals surface area (Å²) < 4.78 is 12.7. The van der Waals surface area contributed by atoms with Crippen molar-refractivity contribution in [1.82, 2.24) is 5.32 Å². The molecular formula is C14H11ClFNOS. The molecule has 0 aliphatic heterocycles. The van der Waals surface area contributed by atoms with E-state index in [-0.39, 0.29) is 11.6 Å². The van der Waals surface area contributed by atoms with Gasteiger partial charge in [0.05, 0.1) is 5.56 Å². The number of phenolic OH excluding ortho intramolecular Hbond substituents is 1. The highest BCUT2D eigenvalue weighted by Gasteiger charge is 2.07. The third kappa shape index (κ3) is 3.66. The summed E-state index contributed by atoms with van der Waals surface area (Å²) in [6, 6.07) is 10.9. The molecule has 0 unspecified atom stereocenters. The zero-order chi connectivity index (χ0) is 13.8. The van der Waals surface area contributed by atoms with Crippen molar-refractivity contribution in [3.8, 4) is 5.75 Å². The van der Waals surface area contributed by atoms with Gasteiger partial charge < -0.3 is 10.4 Å². The van der Waals surface area contributed by atoms with Gasteiger partial charge in [0, 0.05) is 11.6 Å². The molecule has 0 aliphatic carbocycles. The van der Waals surface area contributed by atoms with Crippen molar-refractivity contribution in [2.24, 2.45) is 0 Å². The number of hydrogen-bond donors (Lipinski definition) is 2. The molecule has 0 spiro atoms. The Balaban J connectivity index is 2.03. The number of aromatic hydroxyl groups is 1. The molecule has 0 heterocycles. The van der Waals surface area contributed by atoms with E-state index in [1.54, 1.807) is 24.3 Å². The molecule has 2 aromatic carbocycles. The summed E-state index contributed by atoms with van der Waals surface area (Å²) in [5.74, 6) is -0.245. The van der Waals surface area contributed by atoms with Crippen LogP contribution in [0.4, 0.5) is 4.39 Å². The van der Waals surface area contributed by atoms with Crippen molar-refractivity contribution in [3.63, 3.8) is 0 Å². The van der Waals surface area contributed by atoms with Crippen LogP contribution >= 0.6 is 23.8 Å². The molecule has 0 bridgehead atoms. The maximum atomic E-state index is 12.7. The normalized spacial score (nSPS) is 10.2. The second kappa shape index (κ2) is 5.99. The van der Waals surface area contributed by atoms with Crippen LogP contribution in [0.15, 0.2) is 42.5 Å². The van der Waals surface area contributed by atoms with Gasteiger partial charge in [-0.1, -0.05) is 36.0 Å². The number of halogens is 2. The van der Waals surface area contributed by atoms with E-state index < -0.39 is 0 Å². The summed E-state index contributed by atoms with van der Waals surface area (Å²) in [4.78, 5) is 0.415. The van der Waals surface area contributed by atoms with Crippen LogP contribution in [0.25, 0.3) is 0 Å². The number of rotatable bonds is 3. The minimum absolute atomic E-state index is 0.0316. The molecule has 0 saturated carbocycles. The summed E-state index contributed by atoms with van der Waals surface area (Å²) in [5.41, 5.74) is 1.42. The molecule has 0 atom stereocenters. The van der Waals surface area contributed by atoms with Crippen LogP contribution in [0, 0.1) is 5.82 Å². The molecular weight excluding hydrogens is 285 g/mol. The Morgan fingerprint density at radius 2 is 1.89 bits per heavy atom. The van der Waals surface area contributed by atoms with Crippen molar-refractivity contribution in [2.45, 2.75) is 6.54 Å². The molecule has 5 heteroatoms. The third-order valence-electron chi connectivity index (χ3n) is 2.57. The lowest BCUT2D eigenvalue weighted by molar-refractivity contribution is 0.474. The molecule has 0 saturated heterocycles. The summed E-state index contributed by atoms with van der Waals surface area (Å²) >= 11 is 10.9. The Morgan fingerprint density at radius 3 is 2.53 bits per heavy atom. The molecule has 0 radical (unpaired) electrons. The Labute approximate surface area is 120 Å². The topological polar surface area (TPSA) is 32.3 Å². The molecule has 0 fully saturated rings. The molecule has 19 heavy (non-hydrogen) atoms. The first-order valence-electron chi connectivity index (χ1n) is 5.57. The molecule has 0 aliphatic rings. The molecule has 0 amide bonds. The van der Waals surface area contributed by atoms with Gasteiger partial charge in [0.15, 0.2) is 0 Å². The van der Waals surface area contributed by atoms with Gasteiger partial charge in [0.1, 0.15) is 16.6 Å². The number of hydrogen-bond acceptors (Lipinski definition) is 2. The van der Waals surface area contributed by atoms with E-state index in [4.69, 9.17) is 23.8 Å². The monoisotopic (exact) mass is 295 g/mol. The van der Waals surface area contributed by atoms with Gasteiger partial charge in [-0.05, 0) is 35.9 Å². The van der Waals surface area contributed by atoms with Crippen molar-refractivity contribution < 1.29 is 9.50 Å².